The minimum atomic E-state index is -0.200. The maximum Gasteiger partial charge on any atom is 0.125 e. The van der Waals surface area contributed by atoms with Gasteiger partial charge in [0.25, 0.3) is 0 Å². The number of hydrogen-bond donors (Lipinski definition) is 1. The monoisotopic (exact) mass is 304 g/mol. The molecule has 2 nitrogen and oxygen atoms in total. The van der Waals surface area contributed by atoms with Crippen LogP contribution in [0.5, 0.6) is 0 Å². The maximum absolute atomic E-state index is 13.2. The number of halogens is 2. The van der Waals surface area contributed by atoms with Gasteiger partial charge in [0.1, 0.15) is 5.82 Å². The second-order valence-electron chi connectivity index (χ2n) is 5.37. The van der Waals surface area contributed by atoms with Gasteiger partial charge in [-0.05, 0) is 43.2 Å². The lowest BCUT2D eigenvalue weighted by Crippen LogP contribution is -2.39. The highest BCUT2D eigenvalue weighted by atomic mass is 35.5. The van der Waals surface area contributed by atoms with Crippen molar-refractivity contribution in [2.45, 2.75) is 18.9 Å². The Bertz CT molecular complexity index is 609. The summed E-state index contributed by atoms with van der Waals surface area (Å²) in [5, 5.41) is 4.21. The normalized spacial score (nSPS) is 16.0. The van der Waals surface area contributed by atoms with Crippen LogP contribution in [0.4, 0.5) is 15.8 Å². The van der Waals surface area contributed by atoms with Crippen molar-refractivity contribution in [3.05, 3.63) is 59.4 Å². The van der Waals surface area contributed by atoms with Gasteiger partial charge in [-0.15, -0.1) is 0 Å². The summed E-state index contributed by atoms with van der Waals surface area (Å²) in [5.41, 5.74) is 1.95. The van der Waals surface area contributed by atoms with Gasteiger partial charge in [-0.2, -0.15) is 0 Å². The van der Waals surface area contributed by atoms with E-state index in [4.69, 9.17) is 11.6 Å². The molecule has 0 spiro atoms. The third-order valence-corrected chi connectivity index (χ3v) is 4.20. The van der Waals surface area contributed by atoms with Crippen molar-refractivity contribution in [1.82, 2.24) is 0 Å². The second kappa shape index (κ2) is 6.35. The van der Waals surface area contributed by atoms with Crippen LogP contribution in [0.15, 0.2) is 48.5 Å². The Hall–Kier alpha value is -1.74. The summed E-state index contributed by atoms with van der Waals surface area (Å²) >= 11 is 6.24. The van der Waals surface area contributed by atoms with Crippen molar-refractivity contribution >= 4 is 23.0 Å². The van der Waals surface area contributed by atoms with Gasteiger partial charge in [0, 0.05) is 24.8 Å². The number of para-hydroxylation sites is 1. The molecule has 0 bridgehead atoms. The van der Waals surface area contributed by atoms with Crippen LogP contribution in [0.25, 0.3) is 0 Å². The quantitative estimate of drug-likeness (QED) is 0.894. The first-order chi connectivity index (χ1) is 10.2. The predicted molar refractivity (Wildman–Crippen MR) is 86.7 cm³/mol. The zero-order valence-corrected chi connectivity index (χ0v) is 12.5. The smallest absolute Gasteiger partial charge is 0.125 e. The number of nitrogens with zero attached hydrogens (tertiary/aromatic N) is 1. The standard InChI is InChI=1S/C17H18ClFN2/c18-16-6-1-2-7-17(16)21-10-8-14(9-11-21)20-15-5-3-4-13(19)12-15/h1-7,12,14,20H,8-11H2. The van der Waals surface area contributed by atoms with Crippen molar-refractivity contribution in [2.24, 2.45) is 0 Å². The van der Waals surface area contributed by atoms with Crippen LogP contribution >= 0.6 is 11.6 Å². The summed E-state index contributed by atoms with van der Waals surface area (Å²) in [6.45, 7) is 1.91. The van der Waals surface area contributed by atoms with Crippen LogP contribution in [-0.2, 0) is 0 Å². The van der Waals surface area contributed by atoms with Crippen molar-refractivity contribution in [3.63, 3.8) is 0 Å². The van der Waals surface area contributed by atoms with E-state index in [-0.39, 0.29) is 5.82 Å². The number of hydrogen-bond acceptors (Lipinski definition) is 2. The molecule has 0 aromatic heterocycles. The maximum atomic E-state index is 13.2. The van der Waals surface area contributed by atoms with Crippen LogP contribution in [0.3, 0.4) is 0 Å². The summed E-state index contributed by atoms with van der Waals surface area (Å²) in [6.07, 6.45) is 2.03. The van der Waals surface area contributed by atoms with Crippen LogP contribution in [0, 0.1) is 5.82 Å². The molecule has 1 saturated heterocycles. The highest BCUT2D eigenvalue weighted by Crippen LogP contribution is 2.28. The van der Waals surface area contributed by atoms with Gasteiger partial charge in [0.05, 0.1) is 10.7 Å². The Morgan fingerprint density at radius 3 is 2.52 bits per heavy atom. The molecule has 2 aromatic rings. The van der Waals surface area contributed by atoms with Crippen LogP contribution in [0.1, 0.15) is 12.8 Å². The van der Waals surface area contributed by atoms with Gasteiger partial charge >= 0.3 is 0 Å². The van der Waals surface area contributed by atoms with Gasteiger partial charge in [-0.3, -0.25) is 0 Å². The summed E-state index contributed by atoms with van der Waals surface area (Å²) in [7, 11) is 0. The largest absolute Gasteiger partial charge is 0.382 e. The Balaban J connectivity index is 1.59. The lowest BCUT2D eigenvalue weighted by atomic mass is 10.0. The first-order valence-corrected chi connectivity index (χ1v) is 7.62. The van der Waals surface area contributed by atoms with Gasteiger partial charge < -0.3 is 10.2 Å². The fourth-order valence-electron chi connectivity index (χ4n) is 2.79. The molecule has 2 aromatic carbocycles. The van der Waals surface area contributed by atoms with E-state index in [0.29, 0.717) is 6.04 Å². The molecular weight excluding hydrogens is 287 g/mol. The van der Waals surface area contributed by atoms with Crippen LogP contribution in [0.2, 0.25) is 5.02 Å². The van der Waals surface area contributed by atoms with Crippen molar-refractivity contribution < 1.29 is 4.39 Å². The molecule has 0 unspecified atom stereocenters. The van der Waals surface area contributed by atoms with Crippen LogP contribution < -0.4 is 10.2 Å². The third kappa shape index (κ3) is 3.48. The minimum Gasteiger partial charge on any atom is -0.382 e. The molecule has 0 aliphatic carbocycles. The van der Waals surface area contributed by atoms with E-state index in [0.717, 1.165) is 42.3 Å². The third-order valence-electron chi connectivity index (χ3n) is 3.88. The lowest BCUT2D eigenvalue weighted by molar-refractivity contribution is 0.526. The van der Waals surface area contributed by atoms with E-state index in [2.05, 4.69) is 16.3 Å². The van der Waals surface area contributed by atoms with E-state index >= 15 is 0 Å². The van der Waals surface area contributed by atoms with Crippen LogP contribution in [-0.4, -0.2) is 19.1 Å². The minimum absolute atomic E-state index is 0.200. The summed E-state index contributed by atoms with van der Waals surface area (Å²) in [5.74, 6) is -0.200. The fraction of sp³-hybridized carbons (Fsp3) is 0.294. The molecule has 3 rings (SSSR count). The first-order valence-electron chi connectivity index (χ1n) is 7.24. The molecule has 21 heavy (non-hydrogen) atoms. The van der Waals surface area contributed by atoms with Crippen molar-refractivity contribution in [2.75, 3.05) is 23.3 Å². The van der Waals surface area contributed by atoms with Gasteiger partial charge in [0.2, 0.25) is 0 Å². The topological polar surface area (TPSA) is 15.3 Å². The molecule has 4 heteroatoms. The lowest BCUT2D eigenvalue weighted by Gasteiger charge is -2.34. The highest BCUT2D eigenvalue weighted by Gasteiger charge is 2.20. The molecule has 110 valence electrons. The SMILES string of the molecule is Fc1cccc(NC2CCN(c3ccccc3Cl)CC2)c1. The van der Waals surface area contributed by atoms with E-state index in [1.807, 2.05) is 24.3 Å². The second-order valence-corrected chi connectivity index (χ2v) is 5.77. The molecule has 0 radical (unpaired) electrons. The fourth-order valence-corrected chi connectivity index (χ4v) is 3.04. The Kier molecular flexibility index (Phi) is 4.30. The molecule has 1 N–H and O–H groups in total. The molecule has 0 atom stereocenters. The molecule has 1 aliphatic heterocycles. The molecular formula is C17H18ClFN2. The average Bonchev–Trinajstić information content (AvgIpc) is 2.49. The van der Waals surface area contributed by atoms with Gasteiger partial charge in [-0.1, -0.05) is 29.8 Å². The number of benzene rings is 2. The molecule has 1 heterocycles. The van der Waals surface area contributed by atoms with E-state index in [1.165, 1.54) is 6.07 Å². The number of nitrogens with one attached hydrogen (secondary N) is 1. The van der Waals surface area contributed by atoms with E-state index in [9.17, 15) is 4.39 Å². The molecule has 1 fully saturated rings. The number of piperidine rings is 1. The zero-order valence-electron chi connectivity index (χ0n) is 11.7. The van der Waals surface area contributed by atoms with E-state index < -0.39 is 0 Å². The Labute approximate surface area is 129 Å². The summed E-state index contributed by atoms with van der Waals surface area (Å²) in [4.78, 5) is 2.31. The van der Waals surface area contributed by atoms with Crippen molar-refractivity contribution in [1.29, 1.82) is 0 Å². The highest BCUT2D eigenvalue weighted by molar-refractivity contribution is 6.33. The number of anilines is 2. The van der Waals surface area contributed by atoms with E-state index in [1.54, 1.807) is 12.1 Å². The summed E-state index contributed by atoms with van der Waals surface area (Å²) in [6, 6.07) is 15.0. The average molecular weight is 305 g/mol. The Morgan fingerprint density at radius 2 is 1.81 bits per heavy atom. The predicted octanol–water partition coefficient (Wildman–Crippen LogP) is 4.56. The molecule has 0 amide bonds. The van der Waals surface area contributed by atoms with Gasteiger partial charge in [0.15, 0.2) is 0 Å². The first kappa shape index (κ1) is 14.2. The summed E-state index contributed by atoms with van der Waals surface area (Å²) < 4.78 is 13.2. The Morgan fingerprint density at radius 1 is 1.05 bits per heavy atom. The zero-order chi connectivity index (χ0) is 14.7. The molecule has 0 saturated carbocycles. The van der Waals surface area contributed by atoms with Crippen molar-refractivity contribution in [3.8, 4) is 0 Å². The van der Waals surface area contributed by atoms with Gasteiger partial charge in [-0.25, -0.2) is 4.39 Å². The molecule has 1 aliphatic rings. The number of rotatable bonds is 3.